The predicted octanol–water partition coefficient (Wildman–Crippen LogP) is 12.7. The fourth-order valence-corrected chi connectivity index (χ4v) is 9.34. The van der Waals surface area contributed by atoms with Crippen LogP contribution in [0.1, 0.15) is 59.1 Å². The van der Waals surface area contributed by atoms with Gasteiger partial charge >= 0.3 is 0 Å². The van der Waals surface area contributed by atoms with E-state index in [9.17, 15) is 10.5 Å². The summed E-state index contributed by atoms with van der Waals surface area (Å²) >= 11 is 0. The quantitative estimate of drug-likeness (QED) is 0.157. The fourth-order valence-electron chi connectivity index (χ4n) is 9.34. The van der Waals surface area contributed by atoms with Crippen molar-refractivity contribution in [3.63, 3.8) is 0 Å². The van der Waals surface area contributed by atoms with Crippen LogP contribution in [-0.4, -0.2) is 9.13 Å². The zero-order valence-corrected chi connectivity index (χ0v) is 31.4. The third-order valence-electron chi connectivity index (χ3n) is 11.6. The number of rotatable bonds is 7. The first-order valence-corrected chi connectivity index (χ1v) is 18.7. The van der Waals surface area contributed by atoms with E-state index in [4.69, 9.17) is 0 Å². The first-order chi connectivity index (χ1) is 25.7. The molecule has 4 heteroatoms. The van der Waals surface area contributed by atoms with Gasteiger partial charge in [0.25, 0.3) is 0 Å². The van der Waals surface area contributed by atoms with Crippen LogP contribution in [0.3, 0.4) is 0 Å². The van der Waals surface area contributed by atoms with E-state index in [0.29, 0.717) is 12.0 Å². The van der Waals surface area contributed by atoms with Gasteiger partial charge in [0.1, 0.15) is 5.41 Å². The molecule has 1 aliphatic carbocycles. The molecule has 0 fully saturated rings. The second kappa shape index (κ2) is 12.8. The molecule has 0 radical (unpaired) electrons. The van der Waals surface area contributed by atoms with Gasteiger partial charge in [0, 0.05) is 44.7 Å². The molecule has 0 amide bonds. The van der Waals surface area contributed by atoms with Gasteiger partial charge in [-0.2, -0.15) is 10.5 Å². The molecule has 7 aromatic rings. The number of aromatic nitrogens is 2. The zero-order chi connectivity index (χ0) is 37.1. The third-order valence-corrected chi connectivity index (χ3v) is 11.6. The Hall–Kier alpha value is -6.10. The molecule has 0 N–H and O–H groups in total. The maximum atomic E-state index is 11.7. The Bertz CT molecular complexity index is 2640. The number of nitriles is 2. The molecule has 2 atom stereocenters. The van der Waals surface area contributed by atoms with Crippen LogP contribution in [-0.2, 0) is 5.54 Å². The second-order valence-electron chi connectivity index (χ2n) is 15.3. The zero-order valence-electron chi connectivity index (χ0n) is 31.4. The third kappa shape index (κ3) is 4.86. The average Bonchev–Trinajstić information content (AvgIpc) is 3.70. The maximum absolute atomic E-state index is 11.7. The molecule has 2 unspecified atom stereocenters. The number of para-hydroxylation sites is 4. The molecule has 260 valence electrons. The van der Waals surface area contributed by atoms with Gasteiger partial charge < -0.3 is 9.13 Å². The molecule has 0 bridgehead atoms. The summed E-state index contributed by atoms with van der Waals surface area (Å²) in [6.07, 6.45) is 4.77. The Labute approximate surface area is 312 Å². The maximum Gasteiger partial charge on any atom is 0.100 e. The van der Waals surface area contributed by atoms with Crippen LogP contribution in [0.15, 0.2) is 145 Å². The second-order valence-corrected chi connectivity index (χ2v) is 15.3. The van der Waals surface area contributed by atoms with E-state index in [1.807, 2.05) is 25.1 Å². The SMILES string of the molecule is C/C=C\C(C)(C#N)C1(n2c3ccccc3c3ccccc32)CC(C(C)C)=C(n2c3ccccc3c3ccccc32)C(C(C)C)=C1c1ccc(C#N)cc1. The average molecular weight is 689 g/mol. The normalized spacial score (nSPS) is 17.8. The van der Waals surface area contributed by atoms with E-state index >= 15 is 0 Å². The molecule has 2 aromatic heterocycles. The Balaban J connectivity index is 1.67. The predicted molar refractivity (Wildman–Crippen MR) is 221 cm³/mol. The summed E-state index contributed by atoms with van der Waals surface area (Å²) in [6.45, 7) is 13.4. The Morgan fingerprint density at radius 2 is 1.13 bits per heavy atom. The lowest BCUT2D eigenvalue weighted by Crippen LogP contribution is -2.51. The molecule has 1 aliphatic rings. The largest absolute Gasteiger partial charge is 0.328 e. The molecular formula is C49H44N4. The Morgan fingerprint density at radius 1 is 0.660 bits per heavy atom. The number of allylic oxidation sites excluding steroid dienone is 6. The Kier molecular flexibility index (Phi) is 8.24. The van der Waals surface area contributed by atoms with Gasteiger partial charge in [-0.05, 0) is 84.4 Å². The van der Waals surface area contributed by atoms with E-state index in [-0.39, 0.29) is 11.8 Å². The van der Waals surface area contributed by atoms with Gasteiger partial charge in [-0.3, -0.25) is 0 Å². The summed E-state index contributed by atoms with van der Waals surface area (Å²) in [6, 6.07) is 48.1. The van der Waals surface area contributed by atoms with E-state index < -0.39 is 11.0 Å². The number of nitrogens with zero attached hydrogens (tertiary/aromatic N) is 4. The monoisotopic (exact) mass is 688 g/mol. The molecule has 0 saturated carbocycles. The van der Waals surface area contributed by atoms with Crippen molar-refractivity contribution >= 4 is 54.9 Å². The first-order valence-electron chi connectivity index (χ1n) is 18.7. The van der Waals surface area contributed by atoms with Crippen LogP contribution in [0.25, 0.3) is 54.9 Å². The lowest BCUT2D eigenvalue weighted by molar-refractivity contribution is 0.239. The molecule has 5 aromatic carbocycles. The van der Waals surface area contributed by atoms with Crippen LogP contribution < -0.4 is 0 Å². The van der Waals surface area contributed by atoms with Gasteiger partial charge in [-0.1, -0.05) is 125 Å². The minimum atomic E-state index is -1.01. The smallest absolute Gasteiger partial charge is 0.100 e. The van der Waals surface area contributed by atoms with E-state index in [0.717, 1.165) is 32.9 Å². The van der Waals surface area contributed by atoms with Crippen LogP contribution in [0.2, 0.25) is 0 Å². The highest BCUT2D eigenvalue weighted by Crippen LogP contribution is 2.62. The van der Waals surface area contributed by atoms with E-state index in [1.165, 1.54) is 38.6 Å². The highest BCUT2D eigenvalue weighted by atomic mass is 15.1. The lowest BCUT2D eigenvalue weighted by Gasteiger charge is -2.52. The summed E-state index contributed by atoms with van der Waals surface area (Å²) in [7, 11) is 0. The van der Waals surface area contributed by atoms with Gasteiger partial charge in [0.05, 0.1) is 34.3 Å². The summed E-state index contributed by atoms with van der Waals surface area (Å²) in [4.78, 5) is 0. The minimum absolute atomic E-state index is 0.0608. The summed E-state index contributed by atoms with van der Waals surface area (Å²) < 4.78 is 5.02. The topological polar surface area (TPSA) is 57.4 Å². The van der Waals surface area contributed by atoms with Gasteiger partial charge in [-0.15, -0.1) is 0 Å². The molecular weight excluding hydrogens is 645 g/mol. The van der Waals surface area contributed by atoms with E-state index in [1.54, 1.807) is 0 Å². The molecule has 8 rings (SSSR count). The highest BCUT2D eigenvalue weighted by Gasteiger charge is 2.57. The number of benzene rings is 5. The standard InChI is InChI=1S/C49H44N4/c1-7-28-48(6,31-51)49(53-43-22-14-10-18-38(43)39-19-11-15-23-44(39)53)29-40(32(2)3)47(45(33(4)5)46(49)35-26-24-34(30-50)25-27-35)52-41-20-12-8-16-36(41)37-17-9-13-21-42(37)52/h7-28,32-33H,29H2,1-6H3/b28-7-. The van der Waals surface area contributed by atoms with Crippen LogP contribution in [0.5, 0.6) is 0 Å². The van der Waals surface area contributed by atoms with E-state index in [2.05, 4.69) is 171 Å². The van der Waals surface area contributed by atoms with Gasteiger partial charge in [0.2, 0.25) is 0 Å². The summed E-state index contributed by atoms with van der Waals surface area (Å²) in [5, 5.41) is 26.4. The van der Waals surface area contributed by atoms with Crippen molar-refractivity contribution in [3.8, 4) is 12.1 Å². The van der Waals surface area contributed by atoms with Crippen molar-refractivity contribution in [2.24, 2.45) is 17.3 Å². The van der Waals surface area contributed by atoms with Crippen molar-refractivity contribution in [1.29, 1.82) is 10.5 Å². The van der Waals surface area contributed by atoms with Gasteiger partial charge in [0.15, 0.2) is 0 Å². The molecule has 0 aliphatic heterocycles. The minimum Gasteiger partial charge on any atom is -0.328 e. The molecule has 0 spiro atoms. The highest BCUT2D eigenvalue weighted by molar-refractivity contribution is 6.13. The van der Waals surface area contributed by atoms with Crippen molar-refractivity contribution in [2.75, 3.05) is 0 Å². The lowest BCUT2D eigenvalue weighted by atomic mass is 9.57. The molecule has 0 saturated heterocycles. The molecule has 2 heterocycles. The Morgan fingerprint density at radius 3 is 1.57 bits per heavy atom. The fraction of sp³-hybridized carbons (Fsp3) is 0.224. The number of hydrogen-bond donors (Lipinski definition) is 0. The first kappa shape index (κ1) is 34.0. The summed E-state index contributed by atoms with van der Waals surface area (Å²) in [5.41, 5.74) is 9.08. The van der Waals surface area contributed by atoms with Crippen LogP contribution in [0, 0.1) is 39.9 Å². The molecule has 4 nitrogen and oxygen atoms in total. The van der Waals surface area contributed by atoms with Crippen LogP contribution >= 0.6 is 0 Å². The van der Waals surface area contributed by atoms with Crippen molar-refractivity contribution < 1.29 is 0 Å². The molecule has 53 heavy (non-hydrogen) atoms. The van der Waals surface area contributed by atoms with Crippen molar-refractivity contribution in [2.45, 2.75) is 53.5 Å². The van der Waals surface area contributed by atoms with Crippen LogP contribution in [0.4, 0.5) is 0 Å². The van der Waals surface area contributed by atoms with Crippen molar-refractivity contribution in [1.82, 2.24) is 9.13 Å². The van der Waals surface area contributed by atoms with Gasteiger partial charge in [-0.25, -0.2) is 0 Å². The number of hydrogen-bond acceptors (Lipinski definition) is 2. The summed E-state index contributed by atoms with van der Waals surface area (Å²) in [5.74, 6) is 0.216. The number of fused-ring (bicyclic) bond motifs is 6. The van der Waals surface area contributed by atoms with Crippen molar-refractivity contribution in [3.05, 3.63) is 156 Å².